The second kappa shape index (κ2) is 6.30. The van der Waals surface area contributed by atoms with E-state index < -0.39 is 6.43 Å². The summed E-state index contributed by atoms with van der Waals surface area (Å²) in [6, 6.07) is 4.27. The molecule has 1 amide bonds. The molecule has 0 aliphatic rings. The first-order valence-electron chi connectivity index (χ1n) is 6.43. The third-order valence-electron chi connectivity index (χ3n) is 2.98. The summed E-state index contributed by atoms with van der Waals surface area (Å²) in [6.07, 6.45) is -2.58. The molecule has 0 fully saturated rings. The molecule has 1 aromatic carbocycles. The van der Waals surface area contributed by atoms with E-state index >= 15 is 0 Å². The van der Waals surface area contributed by atoms with Crippen LogP contribution in [0.1, 0.15) is 38.6 Å². The number of thiazole rings is 1. The van der Waals surface area contributed by atoms with Gasteiger partial charge in [-0.25, -0.2) is 13.8 Å². The monoisotopic (exact) mass is 310 g/mol. The molecule has 1 heterocycles. The molecule has 0 saturated carbocycles. The Morgan fingerprint density at radius 1 is 1.33 bits per heavy atom. The highest BCUT2D eigenvalue weighted by molar-refractivity contribution is 7.09. The molecule has 112 valence electrons. The summed E-state index contributed by atoms with van der Waals surface area (Å²) in [7, 11) is 1.64. The van der Waals surface area contributed by atoms with Crippen molar-refractivity contribution in [1.82, 2.24) is 9.88 Å². The van der Waals surface area contributed by atoms with Crippen molar-refractivity contribution >= 4 is 17.2 Å². The standard InChI is InChI=1S/C15H16F2N2OS/c1-9-4-11(14(16)17)6-12(5-9)15(20)19(3)7-13-18-10(2)8-21-13/h4-6,8,14H,7H2,1-3H3. The van der Waals surface area contributed by atoms with Crippen molar-refractivity contribution in [3.63, 3.8) is 0 Å². The van der Waals surface area contributed by atoms with Crippen LogP contribution in [-0.4, -0.2) is 22.8 Å². The highest BCUT2D eigenvalue weighted by atomic mass is 32.1. The summed E-state index contributed by atoms with van der Waals surface area (Å²) < 4.78 is 25.6. The van der Waals surface area contributed by atoms with Crippen LogP contribution < -0.4 is 0 Å². The van der Waals surface area contributed by atoms with Crippen molar-refractivity contribution in [1.29, 1.82) is 0 Å². The summed E-state index contributed by atoms with van der Waals surface area (Å²) >= 11 is 1.48. The number of benzene rings is 1. The van der Waals surface area contributed by atoms with E-state index in [4.69, 9.17) is 0 Å². The number of aryl methyl sites for hydroxylation is 2. The zero-order valence-corrected chi connectivity index (χ0v) is 12.9. The average molecular weight is 310 g/mol. The first-order chi connectivity index (χ1) is 9.86. The molecular formula is C15H16F2N2OS. The van der Waals surface area contributed by atoms with E-state index in [-0.39, 0.29) is 17.0 Å². The van der Waals surface area contributed by atoms with E-state index in [0.29, 0.717) is 12.1 Å². The Labute approximate surface area is 126 Å². The van der Waals surface area contributed by atoms with Gasteiger partial charge in [0.1, 0.15) is 5.01 Å². The zero-order chi connectivity index (χ0) is 15.6. The van der Waals surface area contributed by atoms with E-state index in [1.54, 1.807) is 20.0 Å². The molecule has 0 spiro atoms. The van der Waals surface area contributed by atoms with Crippen LogP contribution in [-0.2, 0) is 6.54 Å². The van der Waals surface area contributed by atoms with Crippen LogP contribution in [0.25, 0.3) is 0 Å². The SMILES string of the molecule is Cc1cc(C(=O)N(C)Cc2nc(C)cs2)cc(C(F)F)c1. The fourth-order valence-corrected chi connectivity index (χ4v) is 2.86. The van der Waals surface area contributed by atoms with Gasteiger partial charge in [-0.3, -0.25) is 4.79 Å². The van der Waals surface area contributed by atoms with E-state index in [1.807, 2.05) is 12.3 Å². The molecule has 0 saturated heterocycles. The number of hydrogen-bond donors (Lipinski definition) is 0. The van der Waals surface area contributed by atoms with E-state index in [2.05, 4.69) is 4.98 Å². The largest absolute Gasteiger partial charge is 0.335 e. The second-order valence-electron chi connectivity index (χ2n) is 4.98. The maximum absolute atomic E-state index is 12.8. The molecule has 1 aromatic heterocycles. The maximum atomic E-state index is 12.8. The summed E-state index contributed by atoms with van der Waals surface area (Å²) in [5.41, 5.74) is 1.71. The van der Waals surface area contributed by atoms with Crippen molar-refractivity contribution in [2.24, 2.45) is 0 Å². The van der Waals surface area contributed by atoms with E-state index in [0.717, 1.165) is 10.7 Å². The van der Waals surface area contributed by atoms with Crippen molar-refractivity contribution in [2.75, 3.05) is 7.05 Å². The Balaban J connectivity index is 2.19. The van der Waals surface area contributed by atoms with Crippen molar-refractivity contribution in [3.8, 4) is 0 Å². The Bertz CT molecular complexity index is 655. The lowest BCUT2D eigenvalue weighted by Gasteiger charge is -2.16. The lowest BCUT2D eigenvalue weighted by atomic mass is 10.1. The van der Waals surface area contributed by atoms with Crippen LogP contribution >= 0.6 is 11.3 Å². The Morgan fingerprint density at radius 3 is 2.62 bits per heavy atom. The van der Waals surface area contributed by atoms with Gasteiger partial charge in [0.05, 0.1) is 6.54 Å². The molecule has 0 unspecified atom stereocenters. The predicted octanol–water partition coefficient (Wildman–Crippen LogP) is 3.97. The molecule has 0 bridgehead atoms. The van der Waals surface area contributed by atoms with Crippen LogP contribution in [0.3, 0.4) is 0 Å². The normalized spacial score (nSPS) is 11.0. The molecule has 0 N–H and O–H groups in total. The molecule has 3 nitrogen and oxygen atoms in total. The molecule has 2 rings (SSSR count). The Morgan fingerprint density at radius 2 is 2.05 bits per heavy atom. The number of amides is 1. The van der Waals surface area contributed by atoms with Crippen LogP contribution in [0.15, 0.2) is 23.6 Å². The number of hydrogen-bond acceptors (Lipinski definition) is 3. The molecule has 21 heavy (non-hydrogen) atoms. The third-order valence-corrected chi connectivity index (χ3v) is 3.94. The van der Waals surface area contributed by atoms with Crippen LogP contribution in [0.2, 0.25) is 0 Å². The molecular weight excluding hydrogens is 294 g/mol. The number of rotatable bonds is 4. The summed E-state index contributed by atoms with van der Waals surface area (Å²) in [5.74, 6) is -0.284. The van der Waals surface area contributed by atoms with Crippen molar-refractivity contribution in [3.05, 3.63) is 51.0 Å². The number of aromatic nitrogens is 1. The lowest BCUT2D eigenvalue weighted by molar-refractivity contribution is 0.0784. The number of nitrogens with zero attached hydrogens (tertiary/aromatic N) is 2. The number of alkyl halides is 2. The fourth-order valence-electron chi connectivity index (χ4n) is 2.03. The number of carbonyl (C=O) groups is 1. The van der Waals surface area contributed by atoms with Gasteiger partial charge in [-0.1, -0.05) is 6.07 Å². The minimum Gasteiger partial charge on any atom is -0.335 e. The Kier molecular flexibility index (Phi) is 4.67. The van der Waals surface area contributed by atoms with Crippen LogP contribution in [0.4, 0.5) is 8.78 Å². The summed E-state index contributed by atoms with van der Waals surface area (Å²) in [6.45, 7) is 3.96. The molecule has 0 radical (unpaired) electrons. The highest BCUT2D eigenvalue weighted by Crippen LogP contribution is 2.22. The lowest BCUT2D eigenvalue weighted by Crippen LogP contribution is -2.26. The third kappa shape index (κ3) is 3.85. The second-order valence-corrected chi connectivity index (χ2v) is 5.92. The predicted molar refractivity (Wildman–Crippen MR) is 78.8 cm³/mol. The van der Waals surface area contributed by atoms with Crippen LogP contribution in [0, 0.1) is 13.8 Å². The number of carbonyl (C=O) groups excluding carboxylic acids is 1. The minimum atomic E-state index is -2.58. The van der Waals surface area contributed by atoms with E-state index in [1.165, 1.54) is 28.4 Å². The van der Waals surface area contributed by atoms with Crippen molar-refractivity contribution in [2.45, 2.75) is 26.8 Å². The number of halogens is 2. The summed E-state index contributed by atoms with van der Waals surface area (Å²) in [5, 5.41) is 2.74. The highest BCUT2D eigenvalue weighted by Gasteiger charge is 2.17. The first-order valence-corrected chi connectivity index (χ1v) is 7.31. The van der Waals surface area contributed by atoms with Gasteiger partial charge >= 0.3 is 0 Å². The van der Waals surface area contributed by atoms with Gasteiger partial charge in [0.15, 0.2) is 0 Å². The Hall–Kier alpha value is -1.82. The van der Waals surface area contributed by atoms with Gasteiger partial charge in [0.25, 0.3) is 12.3 Å². The molecule has 2 aromatic rings. The average Bonchev–Trinajstić information content (AvgIpc) is 2.82. The first kappa shape index (κ1) is 15.6. The molecule has 0 atom stereocenters. The quantitative estimate of drug-likeness (QED) is 0.856. The van der Waals surface area contributed by atoms with Gasteiger partial charge in [-0.15, -0.1) is 11.3 Å². The van der Waals surface area contributed by atoms with Crippen LogP contribution in [0.5, 0.6) is 0 Å². The van der Waals surface area contributed by atoms with Gasteiger partial charge in [-0.2, -0.15) is 0 Å². The molecule has 0 aliphatic carbocycles. The molecule has 0 aliphatic heterocycles. The summed E-state index contributed by atoms with van der Waals surface area (Å²) in [4.78, 5) is 18.1. The maximum Gasteiger partial charge on any atom is 0.263 e. The molecule has 6 heteroatoms. The smallest absolute Gasteiger partial charge is 0.263 e. The van der Waals surface area contributed by atoms with Gasteiger partial charge in [-0.05, 0) is 31.5 Å². The fraction of sp³-hybridized carbons (Fsp3) is 0.333. The minimum absolute atomic E-state index is 0.128. The van der Waals surface area contributed by atoms with Gasteiger partial charge in [0.2, 0.25) is 0 Å². The van der Waals surface area contributed by atoms with Crippen molar-refractivity contribution < 1.29 is 13.6 Å². The topological polar surface area (TPSA) is 33.2 Å². The van der Waals surface area contributed by atoms with E-state index in [9.17, 15) is 13.6 Å². The van der Waals surface area contributed by atoms with Gasteiger partial charge < -0.3 is 4.90 Å². The van der Waals surface area contributed by atoms with Gasteiger partial charge in [0, 0.05) is 29.2 Å². The zero-order valence-electron chi connectivity index (χ0n) is 12.1.